The molecule has 0 spiro atoms. The molecule has 10 heavy (non-hydrogen) atoms. The molecule has 2 N–H and O–H groups in total. The monoisotopic (exact) mass is 141 g/mol. The van der Waals surface area contributed by atoms with Crippen molar-refractivity contribution in [2.75, 3.05) is 13.2 Å². The summed E-state index contributed by atoms with van der Waals surface area (Å²) in [6.07, 6.45) is 2.43. The predicted octanol–water partition coefficient (Wildman–Crippen LogP) is 0.760. The van der Waals surface area contributed by atoms with E-state index in [0.29, 0.717) is 0 Å². The molecule has 2 rings (SSSR count). The molecule has 0 aromatic carbocycles. The SMILES string of the molecule is C[C@@]12C[C@@H](CN)[C@H](CO1)C2. The minimum atomic E-state index is 0.203. The summed E-state index contributed by atoms with van der Waals surface area (Å²) >= 11 is 0. The maximum atomic E-state index is 5.62. The molecule has 1 heterocycles. The van der Waals surface area contributed by atoms with E-state index in [9.17, 15) is 0 Å². The van der Waals surface area contributed by atoms with Gasteiger partial charge in [0, 0.05) is 0 Å². The minimum absolute atomic E-state index is 0.203. The summed E-state index contributed by atoms with van der Waals surface area (Å²) in [6.45, 7) is 4.02. The summed E-state index contributed by atoms with van der Waals surface area (Å²) in [4.78, 5) is 0. The van der Waals surface area contributed by atoms with Gasteiger partial charge in [-0.25, -0.2) is 0 Å². The van der Waals surface area contributed by atoms with Gasteiger partial charge >= 0.3 is 0 Å². The standard InChI is InChI=1S/C8H15NO/c1-8-2-6(4-9)7(3-8)5-10-8/h6-7H,2-5,9H2,1H3/t6-,7-,8-/m0/s1. The van der Waals surface area contributed by atoms with E-state index in [4.69, 9.17) is 10.5 Å². The predicted molar refractivity (Wildman–Crippen MR) is 39.6 cm³/mol. The Bertz CT molecular complexity index is 148. The van der Waals surface area contributed by atoms with Crippen LogP contribution in [0.25, 0.3) is 0 Å². The van der Waals surface area contributed by atoms with Gasteiger partial charge in [0.25, 0.3) is 0 Å². The average Bonchev–Trinajstić information content (AvgIpc) is 2.41. The van der Waals surface area contributed by atoms with Crippen LogP contribution in [-0.2, 0) is 4.74 Å². The van der Waals surface area contributed by atoms with Crippen molar-refractivity contribution in [3.63, 3.8) is 0 Å². The molecule has 2 heteroatoms. The minimum Gasteiger partial charge on any atom is -0.375 e. The van der Waals surface area contributed by atoms with E-state index in [2.05, 4.69) is 6.92 Å². The average molecular weight is 141 g/mol. The molecule has 1 aliphatic heterocycles. The molecule has 2 bridgehead atoms. The number of hydrogen-bond acceptors (Lipinski definition) is 2. The highest BCUT2D eigenvalue weighted by Gasteiger charge is 2.47. The molecule has 0 aromatic heterocycles. The van der Waals surface area contributed by atoms with Crippen molar-refractivity contribution in [3.8, 4) is 0 Å². The number of ether oxygens (including phenoxy) is 1. The molecule has 2 aliphatic rings. The fourth-order valence-electron chi connectivity index (χ4n) is 2.42. The van der Waals surface area contributed by atoms with Crippen LogP contribution in [-0.4, -0.2) is 18.8 Å². The van der Waals surface area contributed by atoms with Gasteiger partial charge in [-0.1, -0.05) is 0 Å². The third-order valence-corrected chi connectivity index (χ3v) is 3.00. The van der Waals surface area contributed by atoms with E-state index >= 15 is 0 Å². The number of nitrogens with two attached hydrogens (primary N) is 1. The molecular weight excluding hydrogens is 126 g/mol. The topological polar surface area (TPSA) is 35.2 Å². The molecule has 58 valence electrons. The summed E-state index contributed by atoms with van der Waals surface area (Å²) in [7, 11) is 0. The van der Waals surface area contributed by atoms with Crippen LogP contribution in [0.2, 0.25) is 0 Å². The molecule has 0 radical (unpaired) electrons. The van der Waals surface area contributed by atoms with E-state index in [-0.39, 0.29) is 5.60 Å². The van der Waals surface area contributed by atoms with Gasteiger partial charge in [-0.2, -0.15) is 0 Å². The van der Waals surface area contributed by atoms with Gasteiger partial charge in [0.05, 0.1) is 12.2 Å². The van der Waals surface area contributed by atoms with Gasteiger partial charge in [-0.3, -0.25) is 0 Å². The molecule has 1 saturated carbocycles. The van der Waals surface area contributed by atoms with Crippen molar-refractivity contribution in [3.05, 3.63) is 0 Å². The fraction of sp³-hybridized carbons (Fsp3) is 1.00. The lowest BCUT2D eigenvalue weighted by molar-refractivity contribution is -0.0187. The Kier molecular flexibility index (Phi) is 1.29. The Hall–Kier alpha value is -0.0800. The first kappa shape index (κ1) is 6.62. The Morgan fingerprint density at radius 3 is 2.70 bits per heavy atom. The van der Waals surface area contributed by atoms with Crippen LogP contribution in [0, 0.1) is 11.8 Å². The quantitative estimate of drug-likeness (QED) is 0.585. The van der Waals surface area contributed by atoms with Crippen LogP contribution in [0.15, 0.2) is 0 Å². The highest BCUT2D eigenvalue weighted by Crippen LogP contribution is 2.47. The largest absolute Gasteiger partial charge is 0.375 e. The van der Waals surface area contributed by atoms with E-state index < -0.39 is 0 Å². The van der Waals surface area contributed by atoms with Gasteiger partial charge in [-0.15, -0.1) is 0 Å². The zero-order valence-electron chi connectivity index (χ0n) is 6.47. The molecule has 0 aromatic rings. The lowest BCUT2D eigenvalue weighted by Gasteiger charge is -2.25. The van der Waals surface area contributed by atoms with Crippen LogP contribution in [0.4, 0.5) is 0 Å². The Balaban J connectivity index is 2.10. The lowest BCUT2D eigenvalue weighted by atomic mass is 9.96. The summed E-state index contributed by atoms with van der Waals surface area (Å²) in [6, 6.07) is 0. The van der Waals surface area contributed by atoms with Crippen molar-refractivity contribution in [2.45, 2.75) is 25.4 Å². The number of hydrogen-bond donors (Lipinski definition) is 1. The molecule has 3 atom stereocenters. The van der Waals surface area contributed by atoms with Crippen molar-refractivity contribution in [1.29, 1.82) is 0 Å². The molecule has 2 nitrogen and oxygen atoms in total. The molecule has 1 saturated heterocycles. The molecule has 1 aliphatic carbocycles. The third-order valence-electron chi connectivity index (χ3n) is 3.00. The first-order valence-electron chi connectivity index (χ1n) is 4.07. The van der Waals surface area contributed by atoms with E-state index in [1.165, 1.54) is 12.8 Å². The highest BCUT2D eigenvalue weighted by molar-refractivity contribution is 4.98. The van der Waals surface area contributed by atoms with E-state index in [1.807, 2.05) is 0 Å². The van der Waals surface area contributed by atoms with Crippen LogP contribution >= 0.6 is 0 Å². The summed E-state index contributed by atoms with van der Waals surface area (Å²) in [5, 5.41) is 0. The van der Waals surface area contributed by atoms with Gasteiger partial charge in [0.15, 0.2) is 0 Å². The molecule has 2 fully saturated rings. The molecular formula is C8H15NO. The first-order valence-corrected chi connectivity index (χ1v) is 4.07. The van der Waals surface area contributed by atoms with Crippen LogP contribution < -0.4 is 5.73 Å². The maximum Gasteiger partial charge on any atom is 0.0661 e. The molecule has 0 unspecified atom stereocenters. The maximum absolute atomic E-state index is 5.62. The number of rotatable bonds is 1. The van der Waals surface area contributed by atoms with Crippen LogP contribution in [0.1, 0.15) is 19.8 Å². The van der Waals surface area contributed by atoms with Crippen LogP contribution in [0.5, 0.6) is 0 Å². The van der Waals surface area contributed by atoms with Gasteiger partial charge < -0.3 is 10.5 Å². The summed E-state index contributed by atoms with van der Waals surface area (Å²) in [5.41, 5.74) is 5.83. The van der Waals surface area contributed by atoms with Gasteiger partial charge in [0.1, 0.15) is 0 Å². The van der Waals surface area contributed by atoms with Gasteiger partial charge in [0.2, 0.25) is 0 Å². The number of fused-ring (bicyclic) bond motifs is 2. The van der Waals surface area contributed by atoms with E-state index in [1.54, 1.807) is 0 Å². The lowest BCUT2D eigenvalue weighted by Crippen LogP contribution is -2.29. The summed E-state index contributed by atoms with van der Waals surface area (Å²) in [5.74, 6) is 1.52. The van der Waals surface area contributed by atoms with Crippen molar-refractivity contribution in [2.24, 2.45) is 17.6 Å². The fourth-order valence-corrected chi connectivity index (χ4v) is 2.42. The van der Waals surface area contributed by atoms with Gasteiger partial charge in [-0.05, 0) is 38.1 Å². The first-order chi connectivity index (χ1) is 4.73. The second-order valence-corrected chi connectivity index (χ2v) is 3.93. The normalized spacial score (nSPS) is 52.2. The second kappa shape index (κ2) is 1.95. The Labute approximate surface area is 61.7 Å². The smallest absolute Gasteiger partial charge is 0.0661 e. The Morgan fingerprint density at radius 2 is 2.40 bits per heavy atom. The molecule has 0 amide bonds. The van der Waals surface area contributed by atoms with E-state index in [0.717, 1.165) is 25.0 Å². The van der Waals surface area contributed by atoms with Crippen LogP contribution in [0.3, 0.4) is 0 Å². The Morgan fingerprint density at radius 1 is 1.60 bits per heavy atom. The second-order valence-electron chi connectivity index (χ2n) is 3.93. The zero-order chi connectivity index (χ0) is 7.19. The van der Waals surface area contributed by atoms with Crippen molar-refractivity contribution >= 4 is 0 Å². The zero-order valence-corrected chi connectivity index (χ0v) is 6.47. The summed E-state index contributed by atoms with van der Waals surface area (Å²) < 4.78 is 5.62. The van der Waals surface area contributed by atoms with Crippen molar-refractivity contribution in [1.82, 2.24) is 0 Å². The third kappa shape index (κ3) is 0.789. The van der Waals surface area contributed by atoms with Crippen molar-refractivity contribution < 1.29 is 4.74 Å². The highest BCUT2D eigenvalue weighted by atomic mass is 16.5.